The lowest BCUT2D eigenvalue weighted by atomic mass is 9.76. The van der Waals surface area contributed by atoms with Crippen LogP contribution in [0.4, 0.5) is 0 Å². The third-order valence-electron chi connectivity index (χ3n) is 3.62. The summed E-state index contributed by atoms with van der Waals surface area (Å²) in [5.41, 5.74) is 1.44. The lowest BCUT2D eigenvalue weighted by Gasteiger charge is -2.33. The maximum Gasteiger partial charge on any atom is 0.0302 e. The Bertz CT molecular complexity index is 308. The summed E-state index contributed by atoms with van der Waals surface area (Å²) in [7, 11) is 4.35. The van der Waals surface area contributed by atoms with Crippen LogP contribution in [0.5, 0.6) is 0 Å². The smallest absolute Gasteiger partial charge is 0.0302 e. The maximum absolute atomic E-state index is 4.26. The van der Waals surface area contributed by atoms with Crippen molar-refractivity contribution in [2.75, 3.05) is 20.6 Å². The van der Waals surface area contributed by atoms with Crippen molar-refractivity contribution in [3.05, 3.63) is 30.1 Å². The molecule has 0 bridgehead atoms. The van der Waals surface area contributed by atoms with E-state index in [4.69, 9.17) is 0 Å². The molecule has 16 heavy (non-hydrogen) atoms. The zero-order chi connectivity index (χ0) is 11.4. The van der Waals surface area contributed by atoms with Crippen LogP contribution in [-0.2, 0) is 0 Å². The minimum Gasteiger partial charge on any atom is -0.309 e. The first kappa shape index (κ1) is 11.6. The molecule has 1 fully saturated rings. The van der Waals surface area contributed by atoms with E-state index in [0.29, 0.717) is 0 Å². The largest absolute Gasteiger partial charge is 0.309 e. The molecule has 0 spiro atoms. The Morgan fingerprint density at radius 1 is 1.31 bits per heavy atom. The highest BCUT2D eigenvalue weighted by Crippen LogP contribution is 2.37. The standard InChI is InChI=1S/C14H22N2/c1-16(2)11-13-6-3-4-8-14(13)12-7-5-9-15-10-12/h5,7,9-10,13-14H,3-4,6,8,11H2,1-2H3. The molecule has 0 amide bonds. The van der Waals surface area contributed by atoms with Crippen molar-refractivity contribution >= 4 is 0 Å². The summed E-state index contributed by atoms with van der Waals surface area (Å²) >= 11 is 0. The average Bonchev–Trinajstić information content (AvgIpc) is 2.30. The Morgan fingerprint density at radius 2 is 2.12 bits per heavy atom. The molecule has 2 atom stereocenters. The molecule has 1 aromatic rings. The molecule has 2 heteroatoms. The summed E-state index contributed by atoms with van der Waals surface area (Å²) in [5, 5.41) is 0. The molecular weight excluding hydrogens is 196 g/mol. The van der Waals surface area contributed by atoms with E-state index in [9.17, 15) is 0 Å². The van der Waals surface area contributed by atoms with Gasteiger partial charge in [-0.05, 0) is 50.4 Å². The van der Waals surface area contributed by atoms with Crippen molar-refractivity contribution in [1.29, 1.82) is 0 Å². The lowest BCUT2D eigenvalue weighted by Crippen LogP contribution is -2.28. The monoisotopic (exact) mass is 218 g/mol. The van der Waals surface area contributed by atoms with Gasteiger partial charge in [-0.3, -0.25) is 4.98 Å². The van der Waals surface area contributed by atoms with E-state index in [1.165, 1.54) is 37.8 Å². The zero-order valence-electron chi connectivity index (χ0n) is 10.4. The zero-order valence-corrected chi connectivity index (χ0v) is 10.4. The highest BCUT2D eigenvalue weighted by atomic mass is 15.1. The predicted octanol–water partition coefficient (Wildman–Crippen LogP) is 2.92. The van der Waals surface area contributed by atoms with Crippen molar-refractivity contribution in [3.63, 3.8) is 0 Å². The van der Waals surface area contributed by atoms with Gasteiger partial charge in [-0.25, -0.2) is 0 Å². The van der Waals surface area contributed by atoms with Crippen LogP contribution >= 0.6 is 0 Å². The summed E-state index contributed by atoms with van der Waals surface area (Å²) in [6.07, 6.45) is 9.41. The number of hydrogen-bond donors (Lipinski definition) is 0. The van der Waals surface area contributed by atoms with Gasteiger partial charge in [-0.1, -0.05) is 18.9 Å². The highest BCUT2D eigenvalue weighted by molar-refractivity contribution is 5.16. The molecule has 1 aromatic heterocycles. The number of aromatic nitrogens is 1. The van der Waals surface area contributed by atoms with E-state index in [1.807, 2.05) is 6.20 Å². The normalized spacial score (nSPS) is 25.9. The van der Waals surface area contributed by atoms with Crippen LogP contribution in [-0.4, -0.2) is 30.5 Å². The number of pyridine rings is 1. The molecule has 0 saturated heterocycles. The Balaban J connectivity index is 2.10. The van der Waals surface area contributed by atoms with E-state index in [-0.39, 0.29) is 0 Å². The molecule has 2 nitrogen and oxygen atoms in total. The second-order valence-electron chi connectivity index (χ2n) is 5.20. The minimum absolute atomic E-state index is 0.727. The van der Waals surface area contributed by atoms with Crippen molar-refractivity contribution in [2.45, 2.75) is 31.6 Å². The fourth-order valence-electron chi connectivity index (χ4n) is 2.93. The first-order chi connectivity index (χ1) is 7.77. The van der Waals surface area contributed by atoms with Crippen LogP contribution < -0.4 is 0 Å². The summed E-state index contributed by atoms with van der Waals surface area (Å²) < 4.78 is 0. The predicted molar refractivity (Wildman–Crippen MR) is 67.5 cm³/mol. The Hall–Kier alpha value is -0.890. The molecule has 0 aliphatic heterocycles. The Labute approximate surface area is 98.7 Å². The molecule has 88 valence electrons. The summed E-state index contributed by atoms with van der Waals surface area (Å²) in [4.78, 5) is 6.58. The van der Waals surface area contributed by atoms with Gasteiger partial charge in [0.2, 0.25) is 0 Å². The van der Waals surface area contributed by atoms with Gasteiger partial charge in [0.1, 0.15) is 0 Å². The van der Waals surface area contributed by atoms with Crippen LogP contribution in [0.15, 0.2) is 24.5 Å². The summed E-state index contributed by atoms with van der Waals surface area (Å²) in [5.74, 6) is 1.54. The molecule has 0 N–H and O–H groups in total. The van der Waals surface area contributed by atoms with Crippen molar-refractivity contribution in [3.8, 4) is 0 Å². The van der Waals surface area contributed by atoms with Gasteiger partial charge in [0.05, 0.1) is 0 Å². The van der Waals surface area contributed by atoms with E-state index >= 15 is 0 Å². The quantitative estimate of drug-likeness (QED) is 0.775. The Kier molecular flexibility index (Phi) is 3.94. The first-order valence-corrected chi connectivity index (χ1v) is 6.32. The maximum atomic E-state index is 4.26. The lowest BCUT2D eigenvalue weighted by molar-refractivity contribution is 0.233. The fourth-order valence-corrected chi connectivity index (χ4v) is 2.93. The van der Waals surface area contributed by atoms with E-state index < -0.39 is 0 Å². The van der Waals surface area contributed by atoms with Gasteiger partial charge in [-0.2, -0.15) is 0 Å². The molecule has 1 aliphatic carbocycles. The van der Waals surface area contributed by atoms with Gasteiger partial charge in [0.15, 0.2) is 0 Å². The van der Waals surface area contributed by atoms with Crippen LogP contribution in [0.25, 0.3) is 0 Å². The van der Waals surface area contributed by atoms with E-state index in [2.05, 4.69) is 42.3 Å². The topological polar surface area (TPSA) is 16.1 Å². The van der Waals surface area contributed by atoms with Crippen LogP contribution in [0.3, 0.4) is 0 Å². The molecule has 1 heterocycles. The first-order valence-electron chi connectivity index (χ1n) is 6.32. The second-order valence-corrected chi connectivity index (χ2v) is 5.20. The number of rotatable bonds is 3. The van der Waals surface area contributed by atoms with Crippen LogP contribution in [0, 0.1) is 5.92 Å². The van der Waals surface area contributed by atoms with Crippen LogP contribution in [0.2, 0.25) is 0 Å². The summed E-state index contributed by atoms with van der Waals surface area (Å²) in [6, 6.07) is 4.31. The number of hydrogen-bond acceptors (Lipinski definition) is 2. The molecule has 2 rings (SSSR count). The SMILES string of the molecule is CN(C)CC1CCCCC1c1cccnc1. The van der Waals surface area contributed by atoms with Gasteiger partial charge >= 0.3 is 0 Å². The van der Waals surface area contributed by atoms with Crippen molar-refractivity contribution < 1.29 is 0 Å². The second kappa shape index (κ2) is 5.44. The molecule has 2 unspecified atom stereocenters. The van der Waals surface area contributed by atoms with E-state index in [0.717, 1.165) is 11.8 Å². The third kappa shape index (κ3) is 2.82. The molecular formula is C14H22N2. The molecule has 1 aliphatic rings. The highest BCUT2D eigenvalue weighted by Gasteiger charge is 2.26. The summed E-state index contributed by atoms with van der Waals surface area (Å²) in [6.45, 7) is 1.21. The molecule has 0 radical (unpaired) electrons. The fraction of sp³-hybridized carbons (Fsp3) is 0.643. The average molecular weight is 218 g/mol. The van der Waals surface area contributed by atoms with Gasteiger partial charge in [0.25, 0.3) is 0 Å². The number of nitrogens with zero attached hydrogens (tertiary/aromatic N) is 2. The van der Waals surface area contributed by atoms with Gasteiger partial charge in [0, 0.05) is 18.9 Å². The molecule has 1 saturated carbocycles. The van der Waals surface area contributed by atoms with Gasteiger partial charge < -0.3 is 4.90 Å². The van der Waals surface area contributed by atoms with E-state index in [1.54, 1.807) is 0 Å². The Morgan fingerprint density at radius 3 is 2.81 bits per heavy atom. The minimum atomic E-state index is 0.727. The van der Waals surface area contributed by atoms with Crippen LogP contribution in [0.1, 0.15) is 37.2 Å². The van der Waals surface area contributed by atoms with Crippen molar-refractivity contribution in [1.82, 2.24) is 9.88 Å². The van der Waals surface area contributed by atoms with Crippen molar-refractivity contribution in [2.24, 2.45) is 5.92 Å². The third-order valence-corrected chi connectivity index (χ3v) is 3.62. The van der Waals surface area contributed by atoms with Gasteiger partial charge in [-0.15, -0.1) is 0 Å². The molecule has 0 aromatic carbocycles.